The number of halogens is 3. The smallest absolute Gasteiger partial charge is 0.305 e. The van der Waals surface area contributed by atoms with Crippen LogP contribution in [-0.4, -0.2) is 31.3 Å². The first-order valence-electron chi connectivity index (χ1n) is 6.08. The third-order valence-electron chi connectivity index (χ3n) is 2.95. The molecule has 1 aromatic heterocycles. The number of aromatic nitrogens is 4. The van der Waals surface area contributed by atoms with Crippen LogP contribution in [0, 0.1) is 17.5 Å². The topological polar surface area (TPSA) is 80.9 Å². The summed E-state index contributed by atoms with van der Waals surface area (Å²) in [6.45, 7) is 1.69. The average Bonchev–Trinajstić information content (AvgIpc) is 2.83. The van der Waals surface area contributed by atoms with Crippen LogP contribution >= 0.6 is 0 Å². The molecule has 0 amide bonds. The average molecular weight is 300 g/mol. The molecular formula is C12H11F3N4O2. The van der Waals surface area contributed by atoms with Gasteiger partial charge in [0.05, 0.1) is 18.0 Å². The van der Waals surface area contributed by atoms with Gasteiger partial charge in [-0.05, 0) is 16.8 Å². The van der Waals surface area contributed by atoms with Gasteiger partial charge in [0, 0.05) is 12.1 Å². The van der Waals surface area contributed by atoms with Gasteiger partial charge in [-0.15, -0.1) is 5.10 Å². The standard InChI is InChI=1S/C12H11F3N4O2/c1-2-7(5-10(20)21)19-12(16-17-18-19)11-8(14)3-6(13)4-9(11)15/h3-4,7H,2,5H2,1H3,(H,20,21). The van der Waals surface area contributed by atoms with E-state index in [0.29, 0.717) is 18.6 Å². The zero-order valence-electron chi connectivity index (χ0n) is 10.9. The van der Waals surface area contributed by atoms with E-state index in [-0.39, 0.29) is 12.2 Å². The van der Waals surface area contributed by atoms with Crippen LogP contribution < -0.4 is 0 Å². The number of carboxylic acid groups (broad SMARTS) is 1. The molecular weight excluding hydrogens is 289 g/mol. The number of hydrogen-bond acceptors (Lipinski definition) is 4. The molecule has 0 saturated heterocycles. The van der Waals surface area contributed by atoms with Gasteiger partial charge in [-0.3, -0.25) is 4.79 Å². The molecule has 1 atom stereocenters. The summed E-state index contributed by atoms with van der Waals surface area (Å²) in [6, 6.07) is 0.349. The number of nitrogens with zero attached hydrogens (tertiary/aromatic N) is 4. The zero-order valence-corrected chi connectivity index (χ0v) is 10.9. The molecule has 9 heteroatoms. The Balaban J connectivity index is 2.52. The molecule has 2 rings (SSSR count). The molecule has 21 heavy (non-hydrogen) atoms. The SMILES string of the molecule is CCC(CC(=O)O)n1nnnc1-c1c(F)cc(F)cc1F. The van der Waals surface area contributed by atoms with E-state index in [1.165, 1.54) is 0 Å². The summed E-state index contributed by atoms with van der Waals surface area (Å²) in [7, 11) is 0. The molecule has 1 aromatic carbocycles. The molecule has 0 bridgehead atoms. The molecule has 2 aromatic rings. The van der Waals surface area contributed by atoms with Crippen molar-refractivity contribution in [3.8, 4) is 11.4 Å². The lowest BCUT2D eigenvalue weighted by atomic mass is 10.1. The third-order valence-corrected chi connectivity index (χ3v) is 2.95. The van der Waals surface area contributed by atoms with Crippen molar-refractivity contribution in [2.45, 2.75) is 25.8 Å². The number of carbonyl (C=O) groups is 1. The Morgan fingerprint density at radius 3 is 2.48 bits per heavy atom. The van der Waals surface area contributed by atoms with Crippen molar-refractivity contribution in [1.29, 1.82) is 0 Å². The predicted molar refractivity (Wildman–Crippen MR) is 64.7 cm³/mol. The van der Waals surface area contributed by atoms with Crippen LogP contribution in [0.5, 0.6) is 0 Å². The first kappa shape index (κ1) is 14.9. The van der Waals surface area contributed by atoms with E-state index in [9.17, 15) is 18.0 Å². The molecule has 6 nitrogen and oxygen atoms in total. The normalized spacial score (nSPS) is 12.4. The van der Waals surface area contributed by atoms with Gasteiger partial charge in [-0.1, -0.05) is 6.92 Å². The molecule has 112 valence electrons. The minimum absolute atomic E-state index is 0.280. The molecule has 0 aliphatic heterocycles. The van der Waals surface area contributed by atoms with Crippen molar-refractivity contribution >= 4 is 5.97 Å². The molecule has 0 saturated carbocycles. The van der Waals surface area contributed by atoms with Gasteiger partial charge in [0.2, 0.25) is 0 Å². The second-order valence-electron chi connectivity index (χ2n) is 4.35. The van der Waals surface area contributed by atoms with E-state index in [1.54, 1.807) is 6.92 Å². The highest BCUT2D eigenvalue weighted by molar-refractivity contribution is 5.67. The maximum absolute atomic E-state index is 13.8. The minimum Gasteiger partial charge on any atom is -0.481 e. The molecule has 1 unspecified atom stereocenters. The summed E-state index contributed by atoms with van der Waals surface area (Å²) < 4.78 is 41.5. The lowest BCUT2D eigenvalue weighted by Gasteiger charge is -2.14. The number of hydrogen-bond donors (Lipinski definition) is 1. The molecule has 0 aliphatic rings. The van der Waals surface area contributed by atoms with E-state index in [0.717, 1.165) is 4.68 Å². The van der Waals surface area contributed by atoms with E-state index in [2.05, 4.69) is 15.5 Å². The maximum Gasteiger partial charge on any atom is 0.305 e. The Hall–Kier alpha value is -2.45. The van der Waals surface area contributed by atoms with Crippen molar-refractivity contribution in [3.05, 3.63) is 29.6 Å². The largest absolute Gasteiger partial charge is 0.481 e. The van der Waals surface area contributed by atoms with Crippen molar-refractivity contribution in [2.24, 2.45) is 0 Å². The van der Waals surface area contributed by atoms with Crippen LogP contribution in [-0.2, 0) is 4.79 Å². The van der Waals surface area contributed by atoms with Gasteiger partial charge < -0.3 is 5.11 Å². The second kappa shape index (κ2) is 5.90. The molecule has 0 fully saturated rings. The minimum atomic E-state index is -1.16. The first-order valence-corrected chi connectivity index (χ1v) is 6.08. The van der Waals surface area contributed by atoms with E-state index < -0.39 is 35.0 Å². The van der Waals surface area contributed by atoms with Crippen LogP contribution in [0.15, 0.2) is 12.1 Å². The summed E-state index contributed by atoms with van der Waals surface area (Å²) in [4.78, 5) is 10.8. The van der Waals surface area contributed by atoms with Gasteiger partial charge >= 0.3 is 5.97 Å². The summed E-state index contributed by atoms with van der Waals surface area (Å²) in [5.74, 6) is -4.76. The Kier molecular flexibility index (Phi) is 4.20. The number of rotatable bonds is 5. The van der Waals surface area contributed by atoms with Crippen molar-refractivity contribution in [1.82, 2.24) is 20.2 Å². The highest BCUT2D eigenvalue weighted by Crippen LogP contribution is 2.28. The fourth-order valence-corrected chi connectivity index (χ4v) is 1.97. The zero-order chi connectivity index (χ0) is 15.6. The quantitative estimate of drug-likeness (QED) is 0.915. The predicted octanol–water partition coefficient (Wildman–Crippen LogP) is 2.18. The Bertz CT molecular complexity index is 651. The van der Waals surface area contributed by atoms with Gasteiger partial charge in [-0.2, -0.15) is 0 Å². The van der Waals surface area contributed by atoms with Crippen LogP contribution in [0.3, 0.4) is 0 Å². The molecule has 1 heterocycles. The maximum atomic E-state index is 13.8. The number of aliphatic carboxylic acids is 1. The monoisotopic (exact) mass is 300 g/mol. The van der Waals surface area contributed by atoms with Crippen LogP contribution in [0.25, 0.3) is 11.4 Å². The summed E-state index contributed by atoms with van der Waals surface area (Å²) in [5, 5.41) is 19.3. The van der Waals surface area contributed by atoms with Crippen LogP contribution in [0.1, 0.15) is 25.8 Å². The molecule has 0 aliphatic carbocycles. The van der Waals surface area contributed by atoms with E-state index >= 15 is 0 Å². The number of carboxylic acids is 1. The Morgan fingerprint density at radius 2 is 1.95 bits per heavy atom. The second-order valence-corrected chi connectivity index (χ2v) is 4.35. The third kappa shape index (κ3) is 3.01. The van der Waals surface area contributed by atoms with Crippen LogP contribution in [0.2, 0.25) is 0 Å². The molecule has 0 spiro atoms. The Labute approximate surface area is 117 Å². The fraction of sp³-hybridized carbons (Fsp3) is 0.333. The molecule has 1 N–H and O–H groups in total. The summed E-state index contributed by atoms with van der Waals surface area (Å²) in [6.07, 6.45) is 0.0355. The lowest BCUT2D eigenvalue weighted by molar-refractivity contribution is -0.138. The number of tetrazole rings is 1. The van der Waals surface area contributed by atoms with Gasteiger partial charge in [-0.25, -0.2) is 17.9 Å². The van der Waals surface area contributed by atoms with E-state index in [1.807, 2.05) is 0 Å². The summed E-state index contributed by atoms with van der Waals surface area (Å²) >= 11 is 0. The molecule has 0 radical (unpaired) electrons. The van der Waals surface area contributed by atoms with Crippen LogP contribution in [0.4, 0.5) is 13.2 Å². The number of benzene rings is 1. The van der Waals surface area contributed by atoms with Gasteiger partial charge in [0.1, 0.15) is 17.5 Å². The lowest BCUT2D eigenvalue weighted by Crippen LogP contribution is -2.16. The first-order chi connectivity index (χ1) is 9.93. The van der Waals surface area contributed by atoms with Crippen molar-refractivity contribution in [2.75, 3.05) is 0 Å². The van der Waals surface area contributed by atoms with Crippen molar-refractivity contribution < 1.29 is 23.1 Å². The summed E-state index contributed by atoms with van der Waals surface area (Å²) in [5.41, 5.74) is -0.592. The fourth-order valence-electron chi connectivity index (χ4n) is 1.97. The highest BCUT2D eigenvalue weighted by atomic mass is 19.1. The van der Waals surface area contributed by atoms with E-state index in [4.69, 9.17) is 5.11 Å². The van der Waals surface area contributed by atoms with Gasteiger partial charge in [0.15, 0.2) is 5.82 Å². The Morgan fingerprint density at radius 1 is 1.33 bits per heavy atom. The highest BCUT2D eigenvalue weighted by Gasteiger charge is 2.24. The van der Waals surface area contributed by atoms with Crippen molar-refractivity contribution in [3.63, 3.8) is 0 Å². The van der Waals surface area contributed by atoms with Gasteiger partial charge in [0.25, 0.3) is 0 Å².